The number of anilines is 1. The summed E-state index contributed by atoms with van der Waals surface area (Å²) in [6.07, 6.45) is 5.54. The molecular formula is C24H35N3O5. The van der Waals surface area contributed by atoms with Crippen LogP contribution >= 0.6 is 0 Å². The summed E-state index contributed by atoms with van der Waals surface area (Å²) in [5.41, 5.74) is 1.72. The van der Waals surface area contributed by atoms with E-state index in [1.807, 2.05) is 37.2 Å². The Hall–Kier alpha value is -2.16. The molecule has 2 heterocycles. The Kier molecular flexibility index (Phi) is 7.33. The Balaban J connectivity index is 1.43. The van der Waals surface area contributed by atoms with Gasteiger partial charge in [0.25, 0.3) is 0 Å². The maximum absolute atomic E-state index is 12.6. The van der Waals surface area contributed by atoms with E-state index in [4.69, 9.17) is 9.47 Å². The number of aliphatic hydroxyl groups excluding tert-OH is 1. The predicted molar refractivity (Wildman–Crippen MR) is 121 cm³/mol. The molecule has 1 aliphatic carbocycles. The second-order valence-corrected chi connectivity index (χ2v) is 9.55. The Morgan fingerprint density at radius 2 is 1.94 bits per heavy atom. The molecule has 1 aromatic carbocycles. The summed E-state index contributed by atoms with van der Waals surface area (Å²) in [6.45, 7) is 0.139. The summed E-state index contributed by atoms with van der Waals surface area (Å²) < 4.78 is 12.2. The van der Waals surface area contributed by atoms with Crippen molar-refractivity contribution >= 4 is 17.5 Å². The quantitative estimate of drug-likeness (QED) is 0.594. The molecule has 8 heteroatoms. The molecular weight excluding hydrogens is 410 g/mol. The van der Waals surface area contributed by atoms with E-state index in [1.54, 1.807) is 0 Å². The van der Waals surface area contributed by atoms with Crippen molar-refractivity contribution in [2.75, 3.05) is 32.6 Å². The molecule has 2 amide bonds. The number of nitrogens with zero attached hydrogens (tertiary/aromatic N) is 1. The van der Waals surface area contributed by atoms with E-state index >= 15 is 0 Å². The fraction of sp³-hybridized carbons (Fsp3) is 0.667. The van der Waals surface area contributed by atoms with Crippen molar-refractivity contribution in [3.8, 4) is 5.75 Å². The highest BCUT2D eigenvalue weighted by Gasteiger charge is 2.46. The SMILES string of the molecule is CN(C)CC(=O)Nc1ccc2c(c1)[C@@H]1C[C@@H](CC(=O)NC3CCCCC3)O[C@H](CO)[C@@H]1O2. The molecule has 1 saturated heterocycles. The van der Waals surface area contributed by atoms with E-state index in [9.17, 15) is 14.7 Å². The predicted octanol–water partition coefficient (Wildman–Crippen LogP) is 2.02. The highest BCUT2D eigenvalue weighted by atomic mass is 16.6. The molecule has 0 radical (unpaired) electrons. The topological polar surface area (TPSA) is 100 Å². The number of ether oxygens (including phenoxy) is 2. The van der Waals surface area contributed by atoms with Crippen LogP contribution in [0.25, 0.3) is 0 Å². The lowest BCUT2D eigenvalue weighted by Crippen LogP contribution is -2.48. The van der Waals surface area contributed by atoms with Gasteiger partial charge in [-0.2, -0.15) is 0 Å². The first kappa shape index (κ1) is 23.0. The number of likely N-dealkylation sites (N-methyl/N-ethyl adjacent to an activating group) is 1. The zero-order chi connectivity index (χ0) is 22.7. The molecule has 2 aliphatic heterocycles. The number of fused-ring (bicyclic) bond motifs is 3. The van der Waals surface area contributed by atoms with Crippen LogP contribution in [0, 0.1) is 0 Å². The molecule has 176 valence electrons. The van der Waals surface area contributed by atoms with Gasteiger partial charge in [-0.1, -0.05) is 19.3 Å². The number of hydrogen-bond acceptors (Lipinski definition) is 6. The second kappa shape index (κ2) is 10.2. The molecule has 0 bridgehead atoms. The third-order valence-corrected chi connectivity index (χ3v) is 6.63. The highest BCUT2D eigenvalue weighted by molar-refractivity contribution is 5.92. The Labute approximate surface area is 189 Å². The van der Waals surface area contributed by atoms with Gasteiger partial charge >= 0.3 is 0 Å². The minimum atomic E-state index is -0.486. The maximum atomic E-state index is 12.6. The third-order valence-electron chi connectivity index (χ3n) is 6.63. The second-order valence-electron chi connectivity index (χ2n) is 9.55. The van der Waals surface area contributed by atoms with Gasteiger partial charge < -0.3 is 30.1 Å². The normalized spacial score (nSPS) is 27.4. The minimum absolute atomic E-state index is 0.00841. The number of rotatable bonds is 7. The van der Waals surface area contributed by atoms with Crippen molar-refractivity contribution in [2.45, 2.75) is 75.2 Å². The minimum Gasteiger partial charge on any atom is -0.487 e. The summed E-state index contributed by atoms with van der Waals surface area (Å²) in [6, 6.07) is 5.91. The molecule has 1 aromatic rings. The Bertz CT molecular complexity index is 824. The molecule has 4 atom stereocenters. The maximum Gasteiger partial charge on any atom is 0.238 e. The Morgan fingerprint density at radius 3 is 2.66 bits per heavy atom. The standard InChI is InChI=1S/C24H35N3O5/c1-27(2)13-23(30)26-16-8-9-20-18(10-16)19-11-17(31-21(14-28)24(19)32-20)12-22(29)25-15-6-4-3-5-7-15/h8-10,15,17,19,21,24,28H,3-7,11-14H2,1-2H3,(H,25,29)(H,26,30)/t17-,19-,21+,24+/m0/s1. The number of benzene rings is 1. The van der Waals surface area contributed by atoms with E-state index < -0.39 is 6.10 Å². The van der Waals surface area contributed by atoms with Crippen LogP contribution in [0.3, 0.4) is 0 Å². The summed E-state index contributed by atoms with van der Waals surface area (Å²) in [5, 5.41) is 16.0. The van der Waals surface area contributed by atoms with Crippen LogP contribution in [0.4, 0.5) is 5.69 Å². The molecule has 0 unspecified atom stereocenters. The van der Waals surface area contributed by atoms with Gasteiger partial charge in [-0.05, 0) is 51.6 Å². The van der Waals surface area contributed by atoms with E-state index in [0.717, 1.165) is 29.8 Å². The lowest BCUT2D eigenvalue weighted by atomic mass is 9.84. The van der Waals surface area contributed by atoms with Crippen LogP contribution < -0.4 is 15.4 Å². The zero-order valence-corrected chi connectivity index (χ0v) is 19.0. The first-order valence-corrected chi connectivity index (χ1v) is 11.7. The third kappa shape index (κ3) is 5.42. The first-order valence-electron chi connectivity index (χ1n) is 11.7. The lowest BCUT2D eigenvalue weighted by molar-refractivity contribution is -0.142. The summed E-state index contributed by atoms with van der Waals surface area (Å²) >= 11 is 0. The number of aliphatic hydroxyl groups is 1. The van der Waals surface area contributed by atoms with Gasteiger partial charge in [-0.3, -0.25) is 9.59 Å². The first-order chi connectivity index (χ1) is 15.4. The van der Waals surface area contributed by atoms with Crippen LogP contribution in [0.5, 0.6) is 5.75 Å². The van der Waals surface area contributed by atoms with Gasteiger partial charge in [0, 0.05) is 23.2 Å². The number of amides is 2. The van der Waals surface area contributed by atoms with E-state index in [-0.39, 0.29) is 49.0 Å². The fourth-order valence-corrected chi connectivity index (χ4v) is 5.19. The summed E-state index contributed by atoms with van der Waals surface area (Å²) in [7, 11) is 3.70. The lowest BCUT2D eigenvalue weighted by Gasteiger charge is -2.37. The largest absolute Gasteiger partial charge is 0.487 e. The fourth-order valence-electron chi connectivity index (χ4n) is 5.19. The van der Waals surface area contributed by atoms with Gasteiger partial charge in [0.05, 0.1) is 25.7 Å². The van der Waals surface area contributed by atoms with Crippen molar-refractivity contribution in [1.82, 2.24) is 10.2 Å². The molecule has 32 heavy (non-hydrogen) atoms. The summed E-state index contributed by atoms with van der Waals surface area (Å²) in [5.74, 6) is 0.692. The van der Waals surface area contributed by atoms with Crippen molar-refractivity contribution in [2.24, 2.45) is 0 Å². The smallest absolute Gasteiger partial charge is 0.238 e. The van der Waals surface area contributed by atoms with Crippen LogP contribution in [0.1, 0.15) is 56.4 Å². The molecule has 2 fully saturated rings. The van der Waals surface area contributed by atoms with Gasteiger partial charge in [-0.25, -0.2) is 0 Å². The monoisotopic (exact) mass is 445 g/mol. The average Bonchev–Trinajstić information content (AvgIpc) is 3.11. The van der Waals surface area contributed by atoms with Gasteiger partial charge in [-0.15, -0.1) is 0 Å². The van der Waals surface area contributed by atoms with E-state index in [0.29, 0.717) is 13.0 Å². The van der Waals surface area contributed by atoms with Gasteiger partial charge in [0.1, 0.15) is 18.0 Å². The molecule has 4 rings (SSSR count). The highest BCUT2D eigenvalue weighted by Crippen LogP contribution is 2.47. The van der Waals surface area contributed by atoms with Crippen molar-refractivity contribution < 1.29 is 24.2 Å². The van der Waals surface area contributed by atoms with Crippen LogP contribution in [-0.2, 0) is 14.3 Å². The zero-order valence-electron chi connectivity index (χ0n) is 19.0. The van der Waals surface area contributed by atoms with E-state index in [1.165, 1.54) is 19.3 Å². The molecule has 3 N–H and O–H groups in total. The average molecular weight is 446 g/mol. The van der Waals surface area contributed by atoms with Crippen LogP contribution in [-0.4, -0.2) is 73.4 Å². The summed E-state index contributed by atoms with van der Waals surface area (Å²) in [4.78, 5) is 26.6. The molecule has 0 spiro atoms. The van der Waals surface area contributed by atoms with Gasteiger partial charge in [0.2, 0.25) is 11.8 Å². The molecule has 8 nitrogen and oxygen atoms in total. The van der Waals surface area contributed by atoms with Gasteiger partial charge in [0.15, 0.2) is 0 Å². The number of hydrogen-bond donors (Lipinski definition) is 3. The van der Waals surface area contributed by atoms with E-state index in [2.05, 4.69) is 10.6 Å². The molecule has 1 saturated carbocycles. The van der Waals surface area contributed by atoms with Crippen molar-refractivity contribution in [1.29, 1.82) is 0 Å². The number of carbonyl (C=O) groups excluding carboxylic acids is 2. The number of nitrogens with one attached hydrogen (secondary N) is 2. The Morgan fingerprint density at radius 1 is 1.16 bits per heavy atom. The number of carbonyl (C=O) groups is 2. The molecule has 0 aromatic heterocycles. The van der Waals surface area contributed by atoms with Crippen LogP contribution in [0.15, 0.2) is 18.2 Å². The molecule has 3 aliphatic rings. The van der Waals surface area contributed by atoms with Crippen molar-refractivity contribution in [3.63, 3.8) is 0 Å². The van der Waals surface area contributed by atoms with Crippen molar-refractivity contribution in [3.05, 3.63) is 23.8 Å². The van der Waals surface area contributed by atoms with Crippen LogP contribution in [0.2, 0.25) is 0 Å².